The van der Waals surface area contributed by atoms with Gasteiger partial charge in [-0.2, -0.15) is 5.10 Å². The van der Waals surface area contributed by atoms with Crippen LogP contribution in [0.1, 0.15) is 23.3 Å². The minimum atomic E-state index is -0.244. The second-order valence-electron chi connectivity index (χ2n) is 4.91. The number of unbranched alkanes of at least 4 members (excludes halogenated alkanes) is 1. The molecule has 0 aliphatic heterocycles. The van der Waals surface area contributed by atoms with Crippen molar-refractivity contribution in [1.82, 2.24) is 20.3 Å². The largest absolute Gasteiger partial charge is 0.355 e. The Hall–Kier alpha value is -2.12. The van der Waals surface area contributed by atoms with Crippen LogP contribution < -0.4 is 5.32 Å². The Bertz CT molecular complexity index is 766. The number of halogens is 1. The summed E-state index contributed by atoms with van der Waals surface area (Å²) in [6, 6.07) is 5.28. The van der Waals surface area contributed by atoms with Gasteiger partial charge in [0.15, 0.2) is 11.5 Å². The maximum atomic E-state index is 12.0. The molecular weight excluding hydrogens is 336 g/mol. The molecule has 3 heterocycles. The molecule has 0 radical (unpaired) electrons. The van der Waals surface area contributed by atoms with Crippen molar-refractivity contribution in [3.8, 4) is 10.6 Å². The van der Waals surface area contributed by atoms with Gasteiger partial charge in [0.05, 0.1) is 9.90 Å². The second kappa shape index (κ2) is 7.43. The van der Waals surface area contributed by atoms with Crippen LogP contribution in [0.25, 0.3) is 10.6 Å². The normalized spacial score (nSPS) is 10.8. The van der Waals surface area contributed by atoms with Crippen LogP contribution >= 0.6 is 22.9 Å². The van der Waals surface area contributed by atoms with E-state index in [1.807, 2.05) is 22.3 Å². The molecule has 1 N–H and O–H groups in total. The first-order valence-electron chi connectivity index (χ1n) is 7.20. The molecule has 23 heavy (non-hydrogen) atoms. The first-order chi connectivity index (χ1) is 11.2. The van der Waals surface area contributed by atoms with Gasteiger partial charge in [0.2, 0.25) is 0 Å². The lowest BCUT2D eigenvalue weighted by Crippen LogP contribution is -2.24. The Morgan fingerprint density at radius 1 is 1.43 bits per heavy atom. The van der Waals surface area contributed by atoms with Crippen molar-refractivity contribution in [3.63, 3.8) is 0 Å². The highest BCUT2D eigenvalue weighted by Crippen LogP contribution is 2.33. The predicted octanol–water partition coefficient (Wildman–Crippen LogP) is 3.46. The number of hydrogen-bond acceptors (Lipinski definition) is 5. The highest BCUT2D eigenvalue weighted by Gasteiger charge is 2.15. The van der Waals surface area contributed by atoms with Crippen LogP contribution in [0, 0.1) is 0 Å². The van der Waals surface area contributed by atoms with E-state index >= 15 is 0 Å². The van der Waals surface area contributed by atoms with E-state index < -0.39 is 0 Å². The number of aryl methyl sites for hydroxylation is 1. The van der Waals surface area contributed by atoms with E-state index in [1.165, 1.54) is 11.3 Å². The lowest BCUT2D eigenvalue weighted by molar-refractivity contribution is 0.0944. The second-order valence-corrected chi connectivity index (χ2v) is 6.23. The molecule has 0 atom stereocenters. The molecule has 8 heteroatoms. The van der Waals surface area contributed by atoms with Crippen LogP contribution in [0.4, 0.5) is 0 Å². The Morgan fingerprint density at radius 2 is 2.35 bits per heavy atom. The molecule has 120 valence electrons. The molecule has 3 rings (SSSR count). The van der Waals surface area contributed by atoms with E-state index in [0.717, 1.165) is 24.3 Å². The van der Waals surface area contributed by atoms with E-state index in [4.69, 9.17) is 16.1 Å². The van der Waals surface area contributed by atoms with Gasteiger partial charge in [-0.05, 0) is 30.4 Å². The number of amides is 1. The summed E-state index contributed by atoms with van der Waals surface area (Å²) in [5.41, 5.74) is 0.261. The van der Waals surface area contributed by atoms with Crippen molar-refractivity contribution < 1.29 is 9.32 Å². The molecule has 0 fully saturated rings. The van der Waals surface area contributed by atoms with Gasteiger partial charge < -0.3 is 9.84 Å². The zero-order valence-corrected chi connectivity index (χ0v) is 13.8. The van der Waals surface area contributed by atoms with Gasteiger partial charge in [-0.1, -0.05) is 16.8 Å². The lowest BCUT2D eigenvalue weighted by atomic mass is 10.3. The summed E-state index contributed by atoms with van der Waals surface area (Å²) in [5, 5.41) is 13.2. The molecule has 0 saturated heterocycles. The lowest BCUT2D eigenvalue weighted by Gasteiger charge is -2.03. The minimum absolute atomic E-state index is 0.244. The van der Waals surface area contributed by atoms with Crippen molar-refractivity contribution in [1.29, 1.82) is 0 Å². The fourth-order valence-corrected chi connectivity index (χ4v) is 3.18. The highest BCUT2D eigenvalue weighted by molar-refractivity contribution is 7.14. The van der Waals surface area contributed by atoms with Crippen LogP contribution in [0.2, 0.25) is 5.02 Å². The third kappa shape index (κ3) is 4.00. The molecule has 3 aromatic heterocycles. The number of aromatic nitrogens is 3. The van der Waals surface area contributed by atoms with E-state index in [-0.39, 0.29) is 11.6 Å². The fourth-order valence-electron chi connectivity index (χ4n) is 2.08. The molecule has 1 amide bonds. The topological polar surface area (TPSA) is 73.0 Å². The van der Waals surface area contributed by atoms with Gasteiger partial charge in [0, 0.05) is 31.5 Å². The van der Waals surface area contributed by atoms with Gasteiger partial charge in [-0.15, -0.1) is 11.3 Å². The van der Waals surface area contributed by atoms with Crippen molar-refractivity contribution in [2.45, 2.75) is 19.4 Å². The zero-order chi connectivity index (χ0) is 16.1. The van der Waals surface area contributed by atoms with Crippen molar-refractivity contribution >= 4 is 28.8 Å². The van der Waals surface area contributed by atoms with Crippen molar-refractivity contribution in [3.05, 3.63) is 46.7 Å². The van der Waals surface area contributed by atoms with Crippen LogP contribution in [-0.4, -0.2) is 27.4 Å². The third-order valence-electron chi connectivity index (χ3n) is 3.24. The molecule has 0 saturated carbocycles. The number of nitrogens with zero attached hydrogens (tertiary/aromatic N) is 3. The van der Waals surface area contributed by atoms with E-state index in [9.17, 15) is 4.79 Å². The zero-order valence-electron chi connectivity index (χ0n) is 12.2. The van der Waals surface area contributed by atoms with Crippen LogP contribution in [-0.2, 0) is 6.54 Å². The van der Waals surface area contributed by atoms with Gasteiger partial charge in [-0.3, -0.25) is 9.48 Å². The number of hydrogen-bond donors (Lipinski definition) is 1. The van der Waals surface area contributed by atoms with E-state index in [1.54, 1.807) is 18.3 Å². The highest BCUT2D eigenvalue weighted by atomic mass is 35.5. The summed E-state index contributed by atoms with van der Waals surface area (Å²) in [5.74, 6) is 0.264. The fraction of sp³-hybridized carbons (Fsp3) is 0.267. The molecular formula is C15H15ClN4O2S. The van der Waals surface area contributed by atoms with E-state index in [0.29, 0.717) is 17.3 Å². The molecule has 0 aliphatic carbocycles. The summed E-state index contributed by atoms with van der Waals surface area (Å²) in [6.07, 6.45) is 5.49. The maximum absolute atomic E-state index is 12.0. The molecule has 0 aromatic carbocycles. The quantitative estimate of drug-likeness (QED) is 0.662. The summed E-state index contributed by atoms with van der Waals surface area (Å²) < 4.78 is 7.06. The number of thiophene rings is 1. The molecule has 0 spiro atoms. The van der Waals surface area contributed by atoms with E-state index in [2.05, 4.69) is 15.6 Å². The summed E-state index contributed by atoms with van der Waals surface area (Å²) in [4.78, 5) is 12.8. The number of carbonyl (C=O) groups excluding carboxylic acids is 1. The first kappa shape index (κ1) is 15.8. The Balaban J connectivity index is 1.45. The first-order valence-corrected chi connectivity index (χ1v) is 8.45. The molecule has 0 bridgehead atoms. The van der Waals surface area contributed by atoms with Crippen molar-refractivity contribution in [2.75, 3.05) is 6.54 Å². The van der Waals surface area contributed by atoms with Crippen LogP contribution in [0.3, 0.4) is 0 Å². The Labute approximate surface area is 142 Å². The maximum Gasteiger partial charge on any atom is 0.273 e. The van der Waals surface area contributed by atoms with Gasteiger partial charge in [0.1, 0.15) is 0 Å². The molecule has 3 aromatic rings. The predicted molar refractivity (Wildman–Crippen MR) is 88.6 cm³/mol. The smallest absolute Gasteiger partial charge is 0.273 e. The third-order valence-corrected chi connectivity index (χ3v) is 4.60. The van der Waals surface area contributed by atoms with Gasteiger partial charge in [-0.25, -0.2) is 0 Å². The molecule has 0 unspecified atom stereocenters. The van der Waals surface area contributed by atoms with Gasteiger partial charge in [0.25, 0.3) is 5.91 Å². The summed E-state index contributed by atoms with van der Waals surface area (Å²) in [7, 11) is 0. The molecule has 0 aliphatic rings. The van der Waals surface area contributed by atoms with Crippen molar-refractivity contribution in [2.24, 2.45) is 0 Å². The number of rotatable bonds is 7. The average molecular weight is 351 g/mol. The number of carbonyl (C=O) groups is 1. The Morgan fingerprint density at radius 3 is 3.09 bits per heavy atom. The van der Waals surface area contributed by atoms with Gasteiger partial charge >= 0.3 is 0 Å². The molecule has 6 nitrogen and oxygen atoms in total. The SMILES string of the molecule is O=C(NCCCCn1cccn1)c1cc(-c2sccc2Cl)on1. The summed E-state index contributed by atoms with van der Waals surface area (Å²) >= 11 is 7.48. The number of nitrogens with one attached hydrogen (secondary N) is 1. The van der Waals surface area contributed by atoms with Crippen LogP contribution in [0.15, 0.2) is 40.5 Å². The average Bonchev–Trinajstić information content (AvgIpc) is 3.27. The minimum Gasteiger partial charge on any atom is -0.355 e. The Kier molecular flexibility index (Phi) is 5.09. The monoisotopic (exact) mass is 350 g/mol. The summed E-state index contributed by atoms with van der Waals surface area (Å²) in [6.45, 7) is 1.43. The van der Waals surface area contributed by atoms with Crippen LogP contribution in [0.5, 0.6) is 0 Å². The standard InChI is InChI=1S/C15H15ClN4O2S/c16-11-4-9-23-14(11)13-10-12(19-22-13)15(21)17-5-1-2-7-20-8-3-6-18-20/h3-4,6,8-10H,1-2,5,7H2,(H,17,21).